The van der Waals surface area contributed by atoms with E-state index in [1.54, 1.807) is 50.7 Å². The van der Waals surface area contributed by atoms with Crippen LogP contribution in [0, 0.1) is 35.2 Å². The average molecular weight is 2460 g/mol. The molecule has 0 aliphatic carbocycles. The Morgan fingerprint density at radius 3 is 1.23 bits per heavy atom. The summed E-state index contributed by atoms with van der Waals surface area (Å²) in [6.45, 7) is 4.85. The van der Waals surface area contributed by atoms with Crippen molar-refractivity contribution in [3.8, 4) is 78.8 Å². The van der Waals surface area contributed by atoms with Crippen LogP contribution in [0.15, 0.2) is 402 Å². The molecule has 10 aliphatic rings. The van der Waals surface area contributed by atoms with Gasteiger partial charge in [-0.25, -0.2) is 47.5 Å². The summed E-state index contributed by atoms with van der Waals surface area (Å²) < 4.78 is 81.9. The first kappa shape index (κ1) is 99.7. The zero-order valence-corrected chi connectivity index (χ0v) is 85.6. The second kappa shape index (κ2) is 44.2. The number of pyridine rings is 4. The van der Waals surface area contributed by atoms with E-state index in [0.29, 0.717) is 23.4 Å². The maximum atomic E-state index is 13.8. The fourth-order valence-corrected chi connectivity index (χ4v) is 18.6. The third-order valence-corrected chi connectivity index (χ3v) is 25.0. The number of rotatable bonds is 6. The van der Waals surface area contributed by atoms with Crippen LogP contribution in [-0.4, -0.2) is 62.9 Å². The smallest absolute Gasteiger partial charge is 0.657 e. The summed E-state index contributed by atoms with van der Waals surface area (Å²) in [7, 11) is 3.20. The number of fused-ring (bicyclic) bond motifs is 33. The Balaban J connectivity index is 0.000000119. The fourth-order valence-electron chi connectivity index (χ4n) is 18.6. The normalized spacial score (nSPS) is 13.1. The summed E-state index contributed by atoms with van der Waals surface area (Å²) in [6, 6.07) is 105. The quantitative estimate of drug-likeness (QED) is 0.0556. The molecule has 10 aromatic carbocycles. The zero-order valence-electron chi connectivity index (χ0n) is 78.6. The predicted molar refractivity (Wildman–Crippen MR) is 553 cm³/mol. The summed E-state index contributed by atoms with van der Waals surface area (Å²) in [5, 5.41) is 8.36. The van der Waals surface area contributed by atoms with Crippen molar-refractivity contribution in [1.82, 2.24) is 24.9 Å². The first-order valence-corrected chi connectivity index (χ1v) is 46.3. The van der Waals surface area contributed by atoms with E-state index in [4.69, 9.17) is 54.5 Å². The molecule has 0 atom stereocenters. The number of aliphatic hydroxyl groups is 1. The van der Waals surface area contributed by atoms with E-state index in [1.165, 1.54) is 55.9 Å². The minimum absolute atomic E-state index is 0. The van der Waals surface area contributed by atoms with E-state index in [1.807, 2.05) is 151 Å². The van der Waals surface area contributed by atoms with Crippen molar-refractivity contribution in [1.29, 1.82) is 0 Å². The number of benzene rings is 10. The van der Waals surface area contributed by atoms with Crippen molar-refractivity contribution in [2.45, 2.75) is 33.5 Å². The molecule has 24 heteroatoms. The van der Waals surface area contributed by atoms with Gasteiger partial charge in [0.15, 0.2) is 44.0 Å². The first-order chi connectivity index (χ1) is 69.9. The average Bonchev–Trinajstić information content (AvgIpc) is 1.52. The van der Waals surface area contributed by atoms with Gasteiger partial charge in [0.2, 0.25) is 17.1 Å². The summed E-state index contributed by atoms with van der Waals surface area (Å²) >= 11 is 0. The Morgan fingerprint density at radius 1 is 0.390 bits per heavy atom. The van der Waals surface area contributed by atoms with Crippen LogP contribution in [-0.2, 0) is 86.7 Å². The van der Waals surface area contributed by atoms with Gasteiger partial charge in [-0.05, 0) is 145 Å². The number of ketones is 1. The molecule has 27 rings (SSSR count). The topological polar surface area (TPSA) is 184 Å². The Labute approximate surface area is 881 Å². The van der Waals surface area contributed by atoms with Crippen LogP contribution < -0.4 is 33.1 Å². The number of methoxy groups -OCH3 is 2. The number of hydrogen-bond acceptors (Lipinski definition) is 11. The SMILES string of the molecule is C1=C2N=C(C=C3N=C(C=C4N=C(C=C5N=C1c1ccccc15)c1ccccc14)c1ccccc13)c1ccccc12.C1=Cc2nc1cc1ccc([n-]1)c(-c1ccccc1)c1nc(cc3ccc([n-]3)c2-c2ccccc2)C=C1.CC(=O)C=C(C)O.COc1cc[n+]2c(c1)-c1c(F)cc(F)cc1C2.COc1cc[n+]2c(c1)-c1ccc(F)cc1C2.Fc1c[c-]c(-c2ccccn2)cc1.Fc1ccc2c(c1)C[n+]1ccccc1-2.[Ir].[Pt+2].[Pt]. The van der Waals surface area contributed by atoms with Gasteiger partial charge in [0.1, 0.15) is 34.8 Å². The van der Waals surface area contributed by atoms with Gasteiger partial charge in [-0.1, -0.05) is 206 Å². The van der Waals surface area contributed by atoms with Crippen molar-refractivity contribution < 1.29 is 117 Å². The van der Waals surface area contributed by atoms with Crippen molar-refractivity contribution in [2.75, 3.05) is 14.2 Å². The third kappa shape index (κ3) is 21.4. The molecular weight excluding hydrogens is 2370 g/mol. The molecule has 0 spiro atoms. The van der Waals surface area contributed by atoms with Gasteiger partial charge in [0.05, 0.1) is 117 Å². The Hall–Kier alpha value is -16.5. The van der Waals surface area contributed by atoms with Gasteiger partial charge in [0.25, 0.3) is 0 Å². The second-order valence-electron chi connectivity index (χ2n) is 34.5. The zero-order chi connectivity index (χ0) is 97.7. The van der Waals surface area contributed by atoms with Crippen molar-refractivity contribution in [2.24, 2.45) is 20.0 Å². The number of aromatic nitrogens is 8. The van der Waals surface area contributed by atoms with E-state index in [9.17, 15) is 26.7 Å². The van der Waals surface area contributed by atoms with Crippen LogP contribution in [0.1, 0.15) is 97.8 Å². The maximum Gasteiger partial charge on any atom is 2.00 e. The molecule has 7 aromatic heterocycles. The Kier molecular flexibility index (Phi) is 30.2. The number of hydrogen-bond donors (Lipinski definition) is 1. The van der Waals surface area contributed by atoms with Gasteiger partial charge < -0.3 is 29.5 Å². The molecule has 0 fully saturated rings. The standard InChI is InChI=1S/C36H20N4.C32H20N4.C13H10F2NO.C13H11FNO.C12H9FN.C11H7FN.C5H8O2.Ir.2Pt/c1-2-10-22-21(9-1)29-17-31-23-11-3-4-12-24(23)33(38-31)19-35-27-15-7-8-16-28(27)36(40-35)20-34-26-14-6-5-13-25(26)32(39-34)18-30(22)37-29;1-3-7-21(8-4-1)31-27-15-11-23(33-27)19-25-13-17-29(35-25)32(22-9-5-2-6-10-22)30-18-14-26(36-30)20-24-12-16-28(31)34-24;1-17-10-2-3-16-7-8-4-9(14)5-11(15)13(8)12(16)6-10;1-16-11-4-5-15-8-9-6-10(14)2-3-12(9)13(15)7-11;13-10-4-5-11-9(7-10)8-14-6-2-1-3-12(11)14;12-10-6-4-9(5-7-10)11-3-1-2-8-13-11;1-4(6)3-5(2)7;;;/h1-20H;1-20H;2-6H,7H2,1H3;2-7H,8H2,1H3;1-7H,8H2;1-4,6-8H;3,6H,1-2H3;;;/q;-2;3*+1;-1;;;;+2. The van der Waals surface area contributed by atoms with Gasteiger partial charge in [-0.2, -0.15) is 13.7 Å². The van der Waals surface area contributed by atoms with Crippen molar-refractivity contribution in [3.63, 3.8) is 0 Å². The van der Waals surface area contributed by atoms with E-state index < -0.39 is 11.6 Å². The van der Waals surface area contributed by atoms with Crippen LogP contribution in [0.2, 0.25) is 0 Å². The van der Waals surface area contributed by atoms with Gasteiger partial charge >= 0.3 is 21.1 Å². The number of ether oxygens (including phenoxy) is 2. The van der Waals surface area contributed by atoms with E-state index in [2.05, 4.69) is 196 Å². The predicted octanol–water partition coefficient (Wildman–Crippen LogP) is 24.9. The van der Waals surface area contributed by atoms with Crippen LogP contribution >= 0.6 is 0 Å². The molecule has 0 saturated carbocycles. The van der Waals surface area contributed by atoms with Gasteiger partial charge in [-0.3, -0.25) is 9.18 Å². The summed E-state index contributed by atoms with van der Waals surface area (Å²) in [5.74, 6) is -0.263. The molecule has 1 radical (unpaired) electrons. The molecule has 10 aliphatic heterocycles. The van der Waals surface area contributed by atoms with Crippen LogP contribution in [0.3, 0.4) is 0 Å². The summed E-state index contributed by atoms with van der Waals surface area (Å²) in [5.41, 5.74) is 37.3. The molecule has 17 heterocycles. The third-order valence-electron chi connectivity index (χ3n) is 25.0. The fraction of sp³-hybridized carbons (Fsp3) is 0.0574. The molecule has 16 bridgehead atoms. The monoisotopic (exact) mass is 2460 g/mol. The van der Waals surface area contributed by atoms with E-state index in [-0.39, 0.29) is 91.2 Å². The van der Waals surface area contributed by atoms with E-state index >= 15 is 0 Å². The second-order valence-corrected chi connectivity index (χ2v) is 34.5. The molecule has 0 amide bonds. The minimum Gasteiger partial charge on any atom is -0.657 e. The number of aliphatic hydroxyl groups excluding tert-OH is 1. The number of halogens is 5. The Morgan fingerprint density at radius 2 is 0.801 bits per heavy atom. The maximum absolute atomic E-state index is 13.8. The van der Waals surface area contributed by atoms with Crippen LogP contribution in [0.25, 0.3) is 136 Å². The van der Waals surface area contributed by atoms with Gasteiger partial charge in [-0.15, -0.1) is 51.9 Å². The molecular formula is C122H85F5IrN12O4Pt2+2. The van der Waals surface area contributed by atoms with Crippen molar-refractivity contribution in [3.05, 3.63) is 502 Å². The molecule has 16 nitrogen and oxygen atoms in total. The number of carbonyl (C=O) groups excluding carboxylic acids is 1. The number of carbonyl (C=O) groups is 1. The number of aliphatic imine (C=N–C) groups is 4. The summed E-state index contributed by atoms with van der Waals surface area (Å²) in [6.07, 6.45) is 25.3. The molecule has 0 unspecified atom stereocenters. The van der Waals surface area contributed by atoms with E-state index in [0.717, 1.165) is 227 Å². The van der Waals surface area contributed by atoms with Crippen LogP contribution in [0.4, 0.5) is 22.0 Å². The Bertz CT molecular complexity index is 8130. The molecule has 1 N–H and O–H groups in total. The largest absolute Gasteiger partial charge is 2.00 e. The van der Waals surface area contributed by atoms with Crippen LogP contribution in [0.5, 0.6) is 11.5 Å². The minimum atomic E-state index is -0.540. The molecule has 719 valence electrons. The summed E-state index contributed by atoms with van der Waals surface area (Å²) in [4.78, 5) is 54.5. The number of allylic oxidation sites excluding steroid dienone is 6. The molecule has 0 saturated heterocycles. The van der Waals surface area contributed by atoms with Gasteiger partial charge in [0, 0.05) is 151 Å². The molecule has 17 aromatic rings. The van der Waals surface area contributed by atoms with Crippen molar-refractivity contribution >= 4 is 97.8 Å². The molecule has 146 heavy (non-hydrogen) atoms. The first-order valence-electron chi connectivity index (χ1n) is 46.3. The number of nitrogens with zero attached hydrogens (tertiary/aromatic N) is 12.